The van der Waals surface area contributed by atoms with Gasteiger partial charge in [-0.1, -0.05) is 35.0 Å². The van der Waals surface area contributed by atoms with E-state index in [0.29, 0.717) is 0 Å². The van der Waals surface area contributed by atoms with Gasteiger partial charge in [0.1, 0.15) is 0 Å². The maximum Gasteiger partial charge on any atom is 0.228 e. The summed E-state index contributed by atoms with van der Waals surface area (Å²) in [6.45, 7) is 1.79. The zero-order valence-electron chi connectivity index (χ0n) is 6.55. The molecule has 64 valence electrons. The second-order valence-corrected chi connectivity index (χ2v) is 3.87. The van der Waals surface area contributed by atoms with Gasteiger partial charge in [0.25, 0.3) is 0 Å². The van der Waals surface area contributed by atoms with Gasteiger partial charge >= 0.3 is 0 Å². The van der Waals surface area contributed by atoms with Crippen molar-refractivity contribution in [3.05, 3.63) is 34.3 Å². The normalized spacial score (nSPS) is 12.6. The van der Waals surface area contributed by atoms with Crippen LogP contribution in [0.3, 0.4) is 0 Å². The van der Waals surface area contributed by atoms with Crippen LogP contribution in [0.5, 0.6) is 0 Å². The summed E-state index contributed by atoms with van der Waals surface area (Å²) in [5.74, 6) is -0.232. The van der Waals surface area contributed by atoms with E-state index in [0.717, 1.165) is 10.0 Å². The predicted molar refractivity (Wildman–Crippen MR) is 53.4 cm³/mol. The summed E-state index contributed by atoms with van der Waals surface area (Å²) in [6.07, 6.45) is 0. The van der Waals surface area contributed by atoms with Crippen molar-refractivity contribution in [2.75, 3.05) is 0 Å². The first kappa shape index (κ1) is 9.75. The minimum atomic E-state index is -0.326. The van der Waals surface area contributed by atoms with E-state index in [1.807, 2.05) is 24.3 Å². The van der Waals surface area contributed by atoms with E-state index in [4.69, 9.17) is 11.6 Å². The van der Waals surface area contributed by atoms with E-state index in [9.17, 15) is 4.79 Å². The largest absolute Gasteiger partial charge is 0.281 e. The Kier molecular flexibility index (Phi) is 3.29. The highest BCUT2D eigenvalue weighted by Crippen LogP contribution is 2.21. The lowest BCUT2D eigenvalue weighted by molar-refractivity contribution is -0.112. The van der Waals surface area contributed by atoms with Crippen LogP contribution < -0.4 is 0 Å². The van der Waals surface area contributed by atoms with Crippen molar-refractivity contribution >= 4 is 32.8 Å². The number of carbonyl (C=O) groups is 1. The molecule has 0 amide bonds. The van der Waals surface area contributed by atoms with Crippen molar-refractivity contribution in [3.8, 4) is 0 Å². The van der Waals surface area contributed by atoms with Gasteiger partial charge in [0, 0.05) is 4.47 Å². The van der Waals surface area contributed by atoms with Gasteiger partial charge in [0.05, 0.1) is 5.92 Å². The van der Waals surface area contributed by atoms with Gasteiger partial charge in [-0.15, -0.1) is 0 Å². The molecule has 0 saturated carbocycles. The molecule has 1 nitrogen and oxygen atoms in total. The molecule has 1 atom stereocenters. The van der Waals surface area contributed by atoms with Gasteiger partial charge in [-0.05, 0) is 29.3 Å². The Hall–Kier alpha value is -0.340. The molecule has 12 heavy (non-hydrogen) atoms. The molecule has 0 bridgehead atoms. The van der Waals surface area contributed by atoms with Gasteiger partial charge in [-0.25, -0.2) is 0 Å². The fraction of sp³-hybridized carbons (Fsp3) is 0.222. The van der Waals surface area contributed by atoms with E-state index >= 15 is 0 Å². The molecule has 1 aromatic carbocycles. The maximum atomic E-state index is 10.8. The molecule has 0 aliphatic carbocycles. The Balaban J connectivity index is 2.95. The molecule has 0 N–H and O–H groups in total. The molecule has 0 fully saturated rings. The van der Waals surface area contributed by atoms with Crippen LogP contribution in [-0.4, -0.2) is 5.24 Å². The van der Waals surface area contributed by atoms with E-state index < -0.39 is 0 Å². The Morgan fingerprint density at radius 3 is 2.75 bits per heavy atom. The molecule has 0 saturated heterocycles. The molecule has 3 heteroatoms. The van der Waals surface area contributed by atoms with Gasteiger partial charge in [-0.3, -0.25) is 4.79 Å². The molecule has 0 radical (unpaired) electrons. The molecular formula is C9H8BrClO. The quantitative estimate of drug-likeness (QED) is 0.733. The summed E-state index contributed by atoms with van der Waals surface area (Å²) in [7, 11) is 0. The number of carbonyl (C=O) groups excluding carboxylic acids is 1. The Morgan fingerprint density at radius 2 is 2.25 bits per heavy atom. The van der Waals surface area contributed by atoms with Crippen LogP contribution in [0.2, 0.25) is 0 Å². The monoisotopic (exact) mass is 246 g/mol. The van der Waals surface area contributed by atoms with Crippen molar-refractivity contribution < 1.29 is 4.79 Å². The standard InChI is InChI=1S/C9H8BrClO/c1-6(9(11)12)7-3-2-4-8(10)5-7/h2-6H,1H3. The second kappa shape index (κ2) is 4.06. The summed E-state index contributed by atoms with van der Waals surface area (Å²) in [5, 5.41) is -0.326. The maximum absolute atomic E-state index is 10.8. The fourth-order valence-corrected chi connectivity index (χ4v) is 1.45. The Labute approximate surface area is 84.9 Å². The summed E-state index contributed by atoms with van der Waals surface area (Å²) in [4.78, 5) is 10.8. The summed E-state index contributed by atoms with van der Waals surface area (Å²) in [6, 6.07) is 7.57. The lowest BCUT2D eigenvalue weighted by Crippen LogP contribution is -2.01. The number of halogens is 2. The second-order valence-electron chi connectivity index (χ2n) is 2.58. The highest BCUT2D eigenvalue weighted by molar-refractivity contribution is 9.10. The average molecular weight is 248 g/mol. The third-order valence-electron chi connectivity index (χ3n) is 1.69. The fourth-order valence-electron chi connectivity index (χ4n) is 0.907. The lowest BCUT2D eigenvalue weighted by atomic mass is 10.0. The smallest absolute Gasteiger partial charge is 0.228 e. The minimum absolute atomic E-state index is 0.232. The van der Waals surface area contributed by atoms with Crippen LogP contribution in [0.1, 0.15) is 18.4 Å². The SMILES string of the molecule is CC(C(=O)Cl)c1cccc(Br)c1. The molecule has 1 unspecified atom stereocenters. The molecular weight excluding hydrogens is 239 g/mol. The Morgan fingerprint density at radius 1 is 1.58 bits per heavy atom. The molecule has 1 rings (SSSR count). The highest BCUT2D eigenvalue weighted by Gasteiger charge is 2.11. The van der Waals surface area contributed by atoms with Gasteiger partial charge in [0.15, 0.2) is 0 Å². The van der Waals surface area contributed by atoms with Gasteiger partial charge in [0.2, 0.25) is 5.24 Å². The first-order valence-corrected chi connectivity index (χ1v) is 4.73. The minimum Gasteiger partial charge on any atom is -0.281 e. The predicted octanol–water partition coefficient (Wildman–Crippen LogP) is 3.32. The van der Waals surface area contributed by atoms with Crippen LogP contribution in [-0.2, 0) is 4.79 Å². The molecule has 0 heterocycles. The zero-order chi connectivity index (χ0) is 9.14. The summed E-state index contributed by atoms with van der Waals surface area (Å²) >= 11 is 8.69. The summed E-state index contributed by atoms with van der Waals surface area (Å²) in [5.41, 5.74) is 0.935. The Bertz CT molecular complexity index is 298. The van der Waals surface area contributed by atoms with Crippen LogP contribution in [0.15, 0.2) is 28.7 Å². The third kappa shape index (κ3) is 2.32. The molecule has 0 aromatic heterocycles. The van der Waals surface area contributed by atoms with Crippen LogP contribution >= 0.6 is 27.5 Å². The van der Waals surface area contributed by atoms with Crippen molar-refractivity contribution in [1.82, 2.24) is 0 Å². The number of benzene rings is 1. The summed E-state index contributed by atoms with van der Waals surface area (Å²) < 4.78 is 0.963. The third-order valence-corrected chi connectivity index (χ3v) is 2.51. The van der Waals surface area contributed by atoms with Crippen molar-refractivity contribution in [2.24, 2.45) is 0 Å². The average Bonchev–Trinajstić information content (AvgIpc) is 2.03. The molecule has 1 aromatic rings. The van der Waals surface area contributed by atoms with Crippen LogP contribution in [0.25, 0.3) is 0 Å². The molecule has 0 spiro atoms. The van der Waals surface area contributed by atoms with E-state index in [2.05, 4.69) is 15.9 Å². The first-order chi connectivity index (χ1) is 5.61. The number of rotatable bonds is 2. The number of hydrogen-bond acceptors (Lipinski definition) is 1. The van der Waals surface area contributed by atoms with Crippen LogP contribution in [0, 0.1) is 0 Å². The van der Waals surface area contributed by atoms with E-state index in [1.165, 1.54) is 0 Å². The van der Waals surface area contributed by atoms with Crippen molar-refractivity contribution in [1.29, 1.82) is 0 Å². The van der Waals surface area contributed by atoms with Gasteiger partial charge in [-0.2, -0.15) is 0 Å². The van der Waals surface area contributed by atoms with Crippen molar-refractivity contribution in [2.45, 2.75) is 12.8 Å². The van der Waals surface area contributed by atoms with Gasteiger partial charge < -0.3 is 0 Å². The van der Waals surface area contributed by atoms with Crippen LogP contribution in [0.4, 0.5) is 0 Å². The molecule has 0 aliphatic rings. The molecule has 0 aliphatic heterocycles. The zero-order valence-corrected chi connectivity index (χ0v) is 8.89. The number of hydrogen-bond donors (Lipinski definition) is 0. The van der Waals surface area contributed by atoms with E-state index in [-0.39, 0.29) is 11.2 Å². The van der Waals surface area contributed by atoms with Crippen molar-refractivity contribution in [3.63, 3.8) is 0 Å². The highest BCUT2D eigenvalue weighted by atomic mass is 79.9. The van der Waals surface area contributed by atoms with E-state index in [1.54, 1.807) is 6.92 Å². The topological polar surface area (TPSA) is 17.1 Å². The first-order valence-electron chi connectivity index (χ1n) is 3.56. The lowest BCUT2D eigenvalue weighted by Gasteiger charge is -2.05.